The van der Waals surface area contributed by atoms with Gasteiger partial charge in [0.1, 0.15) is 23.3 Å². The second-order valence-corrected chi connectivity index (χ2v) is 13.4. The van der Waals surface area contributed by atoms with Crippen molar-refractivity contribution in [2.75, 3.05) is 13.1 Å². The summed E-state index contributed by atoms with van der Waals surface area (Å²) in [4.78, 5) is 63.4. The number of hydrogen-bond donors (Lipinski definition) is 1. The lowest BCUT2D eigenvalue weighted by Gasteiger charge is -2.28. The predicted molar refractivity (Wildman–Crippen MR) is 146 cm³/mol. The average Bonchev–Trinajstić information content (AvgIpc) is 3.48. The Morgan fingerprint density at radius 2 is 1.33 bits per heavy atom. The molecule has 0 radical (unpaired) electrons. The van der Waals surface area contributed by atoms with Gasteiger partial charge in [-0.25, -0.2) is 14.6 Å². The van der Waals surface area contributed by atoms with E-state index in [0.29, 0.717) is 19.5 Å². The molecule has 0 spiro atoms. The zero-order chi connectivity index (χ0) is 30.2. The highest BCUT2D eigenvalue weighted by atomic mass is 16.6. The van der Waals surface area contributed by atoms with Crippen LogP contribution in [0.3, 0.4) is 0 Å². The van der Waals surface area contributed by atoms with Crippen LogP contribution in [0.4, 0.5) is 9.59 Å². The van der Waals surface area contributed by atoms with Crippen molar-refractivity contribution in [2.24, 2.45) is 10.8 Å². The molecule has 0 unspecified atom stereocenters. The molecule has 220 valence electrons. The summed E-state index contributed by atoms with van der Waals surface area (Å²) in [5, 5.41) is 0. The molecule has 2 aliphatic heterocycles. The molecule has 1 aromatic heterocycles. The van der Waals surface area contributed by atoms with Crippen molar-refractivity contribution in [1.82, 2.24) is 19.8 Å². The first-order valence-electron chi connectivity index (χ1n) is 13.1. The van der Waals surface area contributed by atoms with Gasteiger partial charge in [-0.05, 0) is 65.2 Å². The van der Waals surface area contributed by atoms with Crippen LogP contribution < -0.4 is 0 Å². The van der Waals surface area contributed by atoms with E-state index in [1.54, 1.807) is 17.3 Å². The second kappa shape index (κ2) is 13.2. The molecule has 0 aliphatic carbocycles. The standard InChI is InChI=1S/C14H23N3O2.C12H21NO3.C2H2O2/c1-13(2,3)19-12(18)17-9-14(4,5)8-10(17)11-15-6-7-16-11;1-11(2,3)16-10(15)13-8-12(4,5)6-9(13)7-14;3-1-2-4/h6-7,10H,8-9H2,1-5H3,(H,15,16);7,9H,6,8H2,1-5H3;1-2H/t10-;9-;/m00./s1. The third-order valence-electron chi connectivity index (χ3n) is 5.78. The van der Waals surface area contributed by atoms with Gasteiger partial charge in [-0.2, -0.15) is 0 Å². The fourth-order valence-electron chi connectivity index (χ4n) is 4.45. The molecule has 2 aliphatic rings. The molecule has 2 fully saturated rings. The largest absolute Gasteiger partial charge is 0.444 e. The summed E-state index contributed by atoms with van der Waals surface area (Å²) in [6.07, 6.45) is 5.66. The quantitative estimate of drug-likeness (QED) is 0.421. The first-order valence-corrected chi connectivity index (χ1v) is 13.1. The predicted octanol–water partition coefficient (Wildman–Crippen LogP) is 4.72. The van der Waals surface area contributed by atoms with Gasteiger partial charge in [0.2, 0.25) is 0 Å². The smallest absolute Gasteiger partial charge is 0.410 e. The van der Waals surface area contributed by atoms with E-state index in [9.17, 15) is 14.4 Å². The van der Waals surface area contributed by atoms with Crippen LogP contribution in [-0.2, 0) is 23.9 Å². The van der Waals surface area contributed by atoms with E-state index in [1.807, 2.05) is 55.4 Å². The first kappa shape index (κ1) is 33.8. The molecule has 1 N–H and O–H groups in total. The van der Waals surface area contributed by atoms with Crippen molar-refractivity contribution < 1.29 is 33.4 Å². The molecular formula is C28H46N4O7. The fourth-order valence-corrected chi connectivity index (χ4v) is 4.45. The van der Waals surface area contributed by atoms with E-state index in [4.69, 9.17) is 19.1 Å². The summed E-state index contributed by atoms with van der Waals surface area (Å²) in [7, 11) is 0. The molecule has 11 nitrogen and oxygen atoms in total. The molecule has 0 saturated carbocycles. The topological polar surface area (TPSA) is 139 Å². The molecule has 0 aromatic carbocycles. The number of hydrogen-bond acceptors (Lipinski definition) is 8. The van der Waals surface area contributed by atoms with Gasteiger partial charge in [0.05, 0.1) is 12.1 Å². The Kier molecular flexibility index (Phi) is 11.4. The van der Waals surface area contributed by atoms with Crippen LogP contribution in [0.5, 0.6) is 0 Å². The monoisotopic (exact) mass is 550 g/mol. The highest BCUT2D eigenvalue weighted by molar-refractivity contribution is 6.09. The lowest BCUT2D eigenvalue weighted by Crippen LogP contribution is -2.40. The van der Waals surface area contributed by atoms with Crippen molar-refractivity contribution in [1.29, 1.82) is 0 Å². The molecule has 0 bridgehead atoms. The van der Waals surface area contributed by atoms with Gasteiger partial charge in [0.25, 0.3) is 0 Å². The first-order chi connectivity index (χ1) is 17.7. The second-order valence-electron chi connectivity index (χ2n) is 13.4. The number of aldehydes is 3. The van der Waals surface area contributed by atoms with Gasteiger partial charge in [-0.3, -0.25) is 19.4 Å². The normalized spacial score (nSPS) is 21.5. The van der Waals surface area contributed by atoms with Crippen molar-refractivity contribution in [2.45, 2.75) is 105 Å². The zero-order valence-corrected chi connectivity index (χ0v) is 25.1. The van der Waals surface area contributed by atoms with Crippen LogP contribution >= 0.6 is 0 Å². The summed E-state index contributed by atoms with van der Waals surface area (Å²) in [5.74, 6) is 0.830. The van der Waals surface area contributed by atoms with Gasteiger partial charge in [0.15, 0.2) is 12.6 Å². The molecule has 3 rings (SSSR count). The van der Waals surface area contributed by atoms with E-state index < -0.39 is 17.3 Å². The summed E-state index contributed by atoms with van der Waals surface area (Å²) in [6.45, 7) is 20.8. The molecule has 11 heteroatoms. The summed E-state index contributed by atoms with van der Waals surface area (Å²) in [5.41, 5.74) is -0.925. The number of H-pyrrole nitrogens is 1. The van der Waals surface area contributed by atoms with Gasteiger partial charge in [0, 0.05) is 25.5 Å². The number of rotatable bonds is 3. The van der Waals surface area contributed by atoms with Crippen molar-refractivity contribution in [3.05, 3.63) is 18.2 Å². The van der Waals surface area contributed by atoms with Crippen molar-refractivity contribution in [3.63, 3.8) is 0 Å². The minimum atomic E-state index is -0.517. The summed E-state index contributed by atoms with van der Waals surface area (Å²) in [6, 6.07) is -0.371. The summed E-state index contributed by atoms with van der Waals surface area (Å²) >= 11 is 0. The molecule has 1 aromatic rings. The Bertz CT molecular complexity index is 969. The maximum atomic E-state index is 12.3. The highest BCUT2D eigenvalue weighted by Crippen LogP contribution is 2.42. The van der Waals surface area contributed by atoms with Crippen molar-refractivity contribution >= 4 is 31.0 Å². The zero-order valence-electron chi connectivity index (χ0n) is 25.1. The van der Waals surface area contributed by atoms with Crippen LogP contribution in [0, 0.1) is 10.8 Å². The molecule has 2 amide bonds. The third-order valence-corrected chi connectivity index (χ3v) is 5.78. The Labute approximate surface area is 232 Å². The van der Waals surface area contributed by atoms with Crippen molar-refractivity contribution in [3.8, 4) is 0 Å². The molecule has 39 heavy (non-hydrogen) atoms. The number of ether oxygens (including phenoxy) is 2. The summed E-state index contributed by atoms with van der Waals surface area (Å²) < 4.78 is 10.8. The van der Waals surface area contributed by atoms with E-state index in [2.05, 4.69) is 23.8 Å². The number of nitrogens with zero attached hydrogens (tertiary/aromatic N) is 3. The Morgan fingerprint density at radius 3 is 1.74 bits per heavy atom. The maximum Gasteiger partial charge on any atom is 0.410 e. The lowest BCUT2D eigenvalue weighted by molar-refractivity contribution is -0.122. The highest BCUT2D eigenvalue weighted by Gasteiger charge is 2.44. The number of nitrogens with one attached hydrogen (secondary N) is 1. The Morgan fingerprint density at radius 1 is 0.872 bits per heavy atom. The number of carbonyl (C=O) groups excluding carboxylic acids is 5. The molecule has 2 atom stereocenters. The van der Waals surface area contributed by atoms with E-state index in [1.165, 1.54) is 4.90 Å². The van der Waals surface area contributed by atoms with Gasteiger partial charge >= 0.3 is 12.2 Å². The average molecular weight is 551 g/mol. The number of likely N-dealkylation sites (tertiary alicyclic amines) is 2. The van der Waals surface area contributed by atoms with Gasteiger partial charge in [-0.1, -0.05) is 27.7 Å². The van der Waals surface area contributed by atoms with Crippen LogP contribution in [0.1, 0.15) is 93.9 Å². The molecular weight excluding hydrogens is 504 g/mol. The van der Waals surface area contributed by atoms with E-state index >= 15 is 0 Å². The molecule has 3 heterocycles. The van der Waals surface area contributed by atoms with Gasteiger partial charge in [-0.15, -0.1) is 0 Å². The molecule has 2 saturated heterocycles. The fraction of sp³-hybridized carbons (Fsp3) is 0.714. The number of aromatic nitrogens is 2. The maximum absolute atomic E-state index is 12.3. The minimum absolute atomic E-state index is 0.0114. The Hall–Kier alpha value is -3.24. The minimum Gasteiger partial charge on any atom is -0.444 e. The van der Waals surface area contributed by atoms with E-state index in [0.717, 1.165) is 18.5 Å². The van der Waals surface area contributed by atoms with Crippen LogP contribution in [0.2, 0.25) is 0 Å². The third kappa shape index (κ3) is 11.6. The lowest BCUT2D eigenvalue weighted by atomic mass is 9.90. The number of amides is 2. The van der Waals surface area contributed by atoms with Gasteiger partial charge < -0.3 is 19.3 Å². The van der Waals surface area contributed by atoms with Crippen LogP contribution in [-0.4, -0.2) is 81.1 Å². The number of carbonyl (C=O) groups is 5. The van der Waals surface area contributed by atoms with E-state index in [-0.39, 0.29) is 41.6 Å². The SMILES string of the molecule is CC1(C)C[C@@H](C=O)N(C(=O)OC(C)(C)C)C1.CC1(C)C[C@@H](c2ncc[nH]2)N(C(=O)OC(C)(C)C)C1.O=CC=O. The number of imidazole rings is 1. The Balaban J connectivity index is 0.000000347. The van der Waals surface area contributed by atoms with Crippen LogP contribution in [0.15, 0.2) is 12.4 Å². The number of aromatic amines is 1. The van der Waals surface area contributed by atoms with Crippen LogP contribution in [0.25, 0.3) is 0 Å².